The smallest absolute Gasteiger partial charge is 0.264 e. The second kappa shape index (κ2) is 14.2. The molecule has 0 spiro atoms. The van der Waals surface area contributed by atoms with Gasteiger partial charge in [0.1, 0.15) is 12.6 Å². The molecule has 4 rings (SSSR count). The molecule has 0 radical (unpaired) electrons. The molecule has 0 aromatic heterocycles. The first-order chi connectivity index (χ1) is 20.8. The minimum atomic E-state index is -4.13. The predicted molar refractivity (Wildman–Crippen MR) is 179 cm³/mol. The Morgan fingerprint density at radius 3 is 2.05 bits per heavy atom. The summed E-state index contributed by atoms with van der Waals surface area (Å²) in [5.74, 6) is -0.825. The van der Waals surface area contributed by atoms with Crippen molar-refractivity contribution in [2.75, 3.05) is 10.8 Å². The zero-order chi connectivity index (χ0) is 31.9. The molecule has 0 aliphatic heterocycles. The molecule has 0 saturated heterocycles. The number of halogens is 1. The fourth-order valence-corrected chi connectivity index (χ4v) is 6.74. The van der Waals surface area contributed by atoms with Gasteiger partial charge in [-0.3, -0.25) is 13.9 Å². The van der Waals surface area contributed by atoms with Gasteiger partial charge in [0.25, 0.3) is 10.0 Å². The zero-order valence-corrected chi connectivity index (χ0v) is 27.8. The second-order valence-electron chi connectivity index (χ2n) is 11.8. The van der Waals surface area contributed by atoms with Crippen molar-refractivity contribution in [3.05, 3.63) is 130 Å². The molecule has 0 unspecified atom stereocenters. The van der Waals surface area contributed by atoms with E-state index in [9.17, 15) is 18.0 Å². The van der Waals surface area contributed by atoms with E-state index < -0.39 is 34.1 Å². The molecule has 1 atom stereocenters. The molecule has 0 fully saturated rings. The lowest BCUT2D eigenvalue weighted by molar-refractivity contribution is -0.140. The number of benzene rings is 4. The summed E-state index contributed by atoms with van der Waals surface area (Å²) in [6.45, 7) is 7.12. The Morgan fingerprint density at radius 2 is 1.43 bits per heavy atom. The van der Waals surface area contributed by atoms with Crippen molar-refractivity contribution in [1.82, 2.24) is 10.2 Å². The molecule has 7 nitrogen and oxygen atoms in total. The SMILES string of the molecule is Cc1cccc(N(CC(=O)N(Cc2cccc(Br)c2)[C@@H](Cc2ccccc2)C(=O)NC(C)(C)C)S(=O)(=O)c2ccccc2)c1. The first-order valence-corrected chi connectivity index (χ1v) is 16.6. The highest BCUT2D eigenvalue weighted by atomic mass is 79.9. The number of nitrogens with zero attached hydrogens (tertiary/aromatic N) is 2. The van der Waals surface area contributed by atoms with Crippen LogP contribution in [0.15, 0.2) is 119 Å². The molecule has 0 aliphatic carbocycles. The molecular weight excluding hydrogens is 638 g/mol. The van der Waals surface area contributed by atoms with Gasteiger partial charge in [0.05, 0.1) is 10.6 Å². The molecule has 4 aromatic rings. The van der Waals surface area contributed by atoms with Crippen LogP contribution in [0, 0.1) is 6.92 Å². The fourth-order valence-electron chi connectivity index (χ4n) is 4.87. The Bertz CT molecular complexity index is 1690. The maximum atomic E-state index is 14.5. The van der Waals surface area contributed by atoms with E-state index in [0.717, 1.165) is 25.5 Å². The molecule has 0 aliphatic rings. The van der Waals surface area contributed by atoms with Gasteiger partial charge in [-0.15, -0.1) is 0 Å². The lowest BCUT2D eigenvalue weighted by Crippen LogP contribution is -2.56. The summed E-state index contributed by atoms with van der Waals surface area (Å²) in [5, 5.41) is 3.05. The van der Waals surface area contributed by atoms with E-state index in [1.54, 1.807) is 36.4 Å². The summed E-state index contributed by atoms with van der Waals surface area (Å²) in [6, 6.07) is 31.2. The summed E-state index contributed by atoms with van der Waals surface area (Å²) in [4.78, 5) is 30.0. The van der Waals surface area contributed by atoms with Gasteiger partial charge in [0, 0.05) is 23.0 Å². The highest BCUT2D eigenvalue weighted by Gasteiger charge is 2.35. The number of aryl methyl sites for hydroxylation is 1. The van der Waals surface area contributed by atoms with Gasteiger partial charge in [-0.1, -0.05) is 88.7 Å². The summed E-state index contributed by atoms with van der Waals surface area (Å²) in [7, 11) is -4.13. The molecule has 0 bridgehead atoms. The second-order valence-corrected chi connectivity index (χ2v) is 14.5. The monoisotopic (exact) mass is 675 g/mol. The number of sulfonamides is 1. The third-order valence-corrected chi connectivity index (χ3v) is 9.19. The number of rotatable bonds is 11. The zero-order valence-electron chi connectivity index (χ0n) is 25.4. The normalized spacial score (nSPS) is 12.3. The minimum absolute atomic E-state index is 0.0687. The van der Waals surface area contributed by atoms with Crippen LogP contribution >= 0.6 is 15.9 Å². The Morgan fingerprint density at radius 1 is 0.818 bits per heavy atom. The molecule has 0 heterocycles. The van der Waals surface area contributed by atoms with Crippen molar-refractivity contribution in [3.63, 3.8) is 0 Å². The molecule has 2 amide bonds. The summed E-state index contributed by atoms with van der Waals surface area (Å²) in [5.41, 5.74) is 2.33. The highest BCUT2D eigenvalue weighted by molar-refractivity contribution is 9.10. The van der Waals surface area contributed by atoms with Gasteiger partial charge >= 0.3 is 0 Å². The van der Waals surface area contributed by atoms with Crippen LogP contribution in [0.5, 0.6) is 0 Å². The Labute approximate surface area is 269 Å². The lowest BCUT2D eigenvalue weighted by atomic mass is 10.0. The molecule has 4 aromatic carbocycles. The van der Waals surface area contributed by atoms with Crippen LogP contribution in [0.4, 0.5) is 5.69 Å². The number of carbonyl (C=O) groups is 2. The van der Waals surface area contributed by atoms with E-state index in [0.29, 0.717) is 5.69 Å². The largest absolute Gasteiger partial charge is 0.350 e. The topological polar surface area (TPSA) is 86.8 Å². The van der Waals surface area contributed by atoms with Gasteiger partial charge in [-0.2, -0.15) is 0 Å². The average Bonchev–Trinajstić information content (AvgIpc) is 2.97. The van der Waals surface area contributed by atoms with Crippen LogP contribution in [0.2, 0.25) is 0 Å². The van der Waals surface area contributed by atoms with Crippen molar-refractivity contribution in [3.8, 4) is 0 Å². The van der Waals surface area contributed by atoms with Crippen LogP contribution in [0.3, 0.4) is 0 Å². The van der Waals surface area contributed by atoms with Crippen molar-refractivity contribution in [1.29, 1.82) is 0 Å². The number of carbonyl (C=O) groups excluding carboxylic acids is 2. The first-order valence-electron chi connectivity index (χ1n) is 14.4. The third-order valence-electron chi connectivity index (χ3n) is 6.91. The number of hydrogen-bond donors (Lipinski definition) is 1. The third kappa shape index (κ3) is 8.80. The van der Waals surface area contributed by atoms with Crippen molar-refractivity contribution in [2.24, 2.45) is 0 Å². The first kappa shape index (κ1) is 33.0. The van der Waals surface area contributed by atoms with Gasteiger partial charge in [-0.05, 0) is 80.8 Å². The number of amides is 2. The minimum Gasteiger partial charge on any atom is -0.350 e. The van der Waals surface area contributed by atoms with E-state index in [-0.39, 0.29) is 23.8 Å². The molecule has 1 N–H and O–H groups in total. The van der Waals surface area contributed by atoms with E-state index in [1.807, 2.05) is 88.4 Å². The van der Waals surface area contributed by atoms with Crippen molar-refractivity contribution in [2.45, 2.75) is 57.1 Å². The Hall–Kier alpha value is -3.95. The summed E-state index contributed by atoms with van der Waals surface area (Å²) < 4.78 is 30.1. The van der Waals surface area contributed by atoms with Crippen LogP contribution < -0.4 is 9.62 Å². The maximum absolute atomic E-state index is 14.5. The van der Waals surface area contributed by atoms with E-state index in [4.69, 9.17) is 0 Å². The van der Waals surface area contributed by atoms with E-state index in [2.05, 4.69) is 21.2 Å². The number of nitrogens with one attached hydrogen (secondary N) is 1. The molecule has 44 heavy (non-hydrogen) atoms. The highest BCUT2D eigenvalue weighted by Crippen LogP contribution is 2.26. The average molecular weight is 677 g/mol. The maximum Gasteiger partial charge on any atom is 0.264 e. The fraction of sp³-hybridized carbons (Fsp3) is 0.257. The Balaban J connectivity index is 1.82. The Kier molecular flexibility index (Phi) is 10.7. The van der Waals surface area contributed by atoms with Gasteiger partial charge in [0.2, 0.25) is 11.8 Å². The molecule has 9 heteroatoms. The quantitative estimate of drug-likeness (QED) is 0.196. The van der Waals surface area contributed by atoms with Crippen molar-refractivity contribution >= 4 is 43.5 Å². The summed E-state index contributed by atoms with van der Waals surface area (Å²) >= 11 is 3.51. The van der Waals surface area contributed by atoms with Gasteiger partial charge in [0.15, 0.2) is 0 Å². The number of hydrogen-bond acceptors (Lipinski definition) is 4. The van der Waals surface area contributed by atoms with Crippen LogP contribution in [-0.2, 0) is 32.6 Å². The van der Waals surface area contributed by atoms with Crippen LogP contribution in [0.25, 0.3) is 0 Å². The van der Waals surface area contributed by atoms with Gasteiger partial charge < -0.3 is 10.2 Å². The van der Waals surface area contributed by atoms with Crippen LogP contribution in [0.1, 0.15) is 37.5 Å². The summed E-state index contributed by atoms with van der Waals surface area (Å²) in [6.07, 6.45) is 0.248. The standard InChI is InChI=1S/C35H38BrN3O4S/c1-26-13-11-18-30(21-26)39(44(42,43)31-19-9-6-10-20-31)25-33(40)38(24-28-16-12-17-29(36)22-28)32(34(41)37-35(2,3)4)23-27-14-7-5-8-15-27/h5-22,32H,23-25H2,1-4H3,(H,37,41)/t32-/m0/s1. The predicted octanol–water partition coefficient (Wildman–Crippen LogP) is 6.51. The van der Waals surface area contributed by atoms with E-state index >= 15 is 0 Å². The lowest BCUT2D eigenvalue weighted by Gasteiger charge is -2.35. The van der Waals surface area contributed by atoms with Crippen LogP contribution in [-0.4, -0.2) is 43.3 Å². The molecule has 0 saturated carbocycles. The molecular formula is C35H38BrN3O4S. The van der Waals surface area contributed by atoms with E-state index in [1.165, 1.54) is 17.0 Å². The van der Waals surface area contributed by atoms with Crippen molar-refractivity contribution < 1.29 is 18.0 Å². The number of anilines is 1. The molecule has 230 valence electrons. The van der Waals surface area contributed by atoms with Gasteiger partial charge in [-0.25, -0.2) is 8.42 Å².